The normalized spacial score (nSPS) is 19.7. The van der Waals surface area contributed by atoms with E-state index in [9.17, 15) is 26.8 Å². The highest BCUT2D eigenvalue weighted by Gasteiger charge is 2.51. The Kier molecular flexibility index (Phi) is 5.64. The molecule has 2 aromatic rings. The van der Waals surface area contributed by atoms with Gasteiger partial charge in [0.2, 0.25) is 9.84 Å². The van der Waals surface area contributed by atoms with Crippen LogP contribution in [-0.2, 0) is 26.7 Å². The third-order valence-electron chi connectivity index (χ3n) is 4.87. The van der Waals surface area contributed by atoms with Crippen LogP contribution >= 0.6 is 11.6 Å². The van der Waals surface area contributed by atoms with E-state index < -0.39 is 38.0 Å². The Morgan fingerprint density at radius 2 is 1.66 bits per heavy atom. The molecule has 0 radical (unpaired) electrons. The fourth-order valence-electron chi connectivity index (χ4n) is 3.21. The molecule has 0 saturated carbocycles. The van der Waals surface area contributed by atoms with Gasteiger partial charge in [0.25, 0.3) is 5.91 Å². The van der Waals surface area contributed by atoms with Crippen molar-refractivity contribution in [2.75, 3.05) is 0 Å². The maximum Gasteiger partial charge on any atom is 0.341 e. The molecule has 0 spiro atoms. The van der Waals surface area contributed by atoms with Crippen molar-refractivity contribution in [3.8, 4) is 0 Å². The fraction of sp³-hybridized carbons (Fsp3) is 0.263. The van der Waals surface area contributed by atoms with Crippen LogP contribution in [0, 0.1) is 0 Å². The van der Waals surface area contributed by atoms with Gasteiger partial charge < -0.3 is 5.32 Å². The highest BCUT2D eigenvalue weighted by Crippen LogP contribution is 2.34. The number of rotatable bonds is 6. The first-order valence-corrected chi connectivity index (χ1v) is 10.6. The zero-order chi connectivity index (χ0) is 21.4. The number of nitrogens with one attached hydrogen (secondary N) is 1. The van der Waals surface area contributed by atoms with Crippen LogP contribution in [-0.4, -0.2) is 31.0 Å². The van der Waals surface area contributed by atoms with E-state index in [-0.39, 0.29) is 6.54 Å². The summed E-state index contributed by atoms with van der Waals surface area (Å²) in [5, 5.41) is 3.22. The number of urea groups is 1. The second-order valence-corrected chi connectivity index (χ2v) is 8.89. The summed E-state index contributed by atoms with van der Waals surface area (Å²) in [4.78, 5) is 26.1. The Morgan fingerprint density at radius 3 is 2.17 bits per heavy atom. The summed E-state index contributed by atoms with van der Waals surface area (Å²) in [6.45, 7) is 1.63. The van der Waals surface area contributed by atoms with Crippen LogP contribution in [0.5, 0.6) is 0 Å². The van der Waals surface area contributed by atoms with Crippen LogP contribution in [0.3, 0.4) is 0 Å². The minimum atomic E-state index is -4.71. The van der Waals surface area contributed by atoms with Crippen molar-refractivity contribution in [1.82, 2.24) is 10.2 Å². The highest BCUT2D eigenvalue weighted by molar-refractivity contribution is 7.91. The lowest BCUT2D eigenvalue weighted by Crippen LogP contribution is -2.43. The predicted molar refractivity (Wildman–Crippen MR) is 102 cm³/mol. The lowest BCUT2D eigenvalue weighted by Gasteiger charge is -2.26. The second kappa shape index (κ2) is 7.72. The topological polar surface area (TPSA) is 83.6 Å². The first-order chi connectivity index (χ1) is 13.6. The summed E-state index contributed by atoms with van der Waals surface area (Å²) in [5.74, 6) is -3.99. The van der Waals surface area contributed by atoms with E-state index in [1.54, 1.807) is 31.2 Å². The zero-order valence-electron chi connectivity index (χ0n) is 15.2. The Bertz CT molecular complexity index is 1040. The molecule has 10 heteroatoms. The lowest BCUT2D eigenvalue weighted by atomic mass is 9.87. The number of hydrogen-bond acceptors (Lipinski definition) is 4. The number of imide groups is 1. The minimum absolute atomic E-state index is 0.130. The Balaban J connectivity index is 1.86. The smallest absolute Gasteiger partial charge is 0.319 e. The van der Waals surface area contributed by atoms with E-state index >= 15 is 0 Å². The van der Waals surface area contributed by atoms with Crippen LogP contribution < -0.4 is 5.32 Å². The standard InChI is InChI=1S/C19H17ClF2N2O4S/c1-2-19(13-5-7-14(20)8-6-13)16(25)24(18(26)23-19)11-12-3-9-15(10-4-12)29(27,28)17(21)22/h3-10,17H,2,11H2,1H3,(H,23,26). The number of nitrogens with zero attached hydrogens (tertiary/aromatic N) is 1. The van der Waals surface area contributed by atoms with E-state index in [1.807, 2.05) is 0 Å². The molecule has 1 aliphatic heterocycles. The van der Waals surface area contributed by atoms with Crippen molar-refractivity contribution in [3.05, 3.63) is 64.7 Å². The molecule has 1 unspecified atom stereocenters. The summed E-state index contributed by atoms with van der Waals surface area (Å²) >= 11 is 5.90. The fourth-order valence-corrected chi connectivity index (χ4v) is 4.06. The molecule has 0 aromatic heterocycles. The maximum atomic E-state index is 13.1. The minimum Gasteiger partial charge on any atom is -0.319 e. The molecule has 1 N–H and O–H groups in total. The van der Waals surface area contributed by atoms with E-state index in [2.05, 4.69) is 5.32 Å². The number of amides is 3. The molecule has 3 rings (SSSR count). The molecule has 1 saturated heterocycles. The molecule has 0 aliphatic carbocycles. The van der Waals surface area contributed by atoms with Crippen molar-refractivity contribution in [3.63, 3.8) is 0 Å². The average Bonchev–Trinajstić information content (AvgIpc) is 2.94. The van der Waals surface area contributed by atoms with Crippen molar-refractivity contribution in [2.24, 2.45) is 0 Å². The summed E-state index contributed by atoms with van der Waals surface area (Å²) in [6.07, 6.45) is 0.307. The molecule has 3 amide bonds. The van der Waals surface area contributed by atoms with Gasteiger partial charge in [-0.25, -0.2) is 13.2 Å². The number of sulfone groups is 1. The maximum absolute atomic E-state index is 13.1. The number of alkyl halides is 2. The summed E-state index contributed by atoms with van der Waals surface area (Å²) in [6, 6.07) is 10.6. The second-order valence-electron chi connectivity index (χ2n) is 6.54. The quantitative estimate of drug-likeness (QED) is 0.691. The number of carbonyl (C=O) groups excluding carboxylic acids is 2. The van der Waals surface area contributed by atoms with Gasteiger partial charge in [-0.1, -0.05) is 42.8 Å². The van der Waals surface area contributed by atoms with Gasteiger partial charge in [-0.15, -0.1) is 0 Å². The highest BCUT2D eigenvalue weighted by atomic mass is 35.5. The van der Waals surface area contributed by atoms with Gasteiger partial charge in [-0.05, 0) is 41.8 Å². The molecule has 6 nitrogen and oxygen atoms in total. The van der Waals surface area contributed by atoms with Gasteiger partial charge in [0.15, 0.2) is 0 Å². The van der Waals surface area contributed by atoms with Gasteiger partial charge >= 0.3 is 11.8 Å². The van der Waals surface area contributed by atoms with Crippen LogP contribution in [0.2, 0.25) is 5.02 Å². The van der Waals surface area contributed by atoms with Crippen LogP contribution in [0.1, 0.15) is 24.5 Å². The predicted octanol–water partition coefficient (Wildman–Crippen LogP) is 3.69. The van der Waals surface area contributed by atoms with Crippen molar-refractivity contribution < 1.29 is 26.8 Å². The molecular weight excluding hydrogens is 426 g/mol. The SMILES string of the molecule is CCC1(c2ccc(Cl)cc2)NC(=O)N(Cc2ccc(S(=O)(=O)C(F)F)cc2)C1=O. The third-order valence-corrected chi connectivity index (χ3v) is 6.52. The van der Waals surface area contributed by atoms with Crippen molar-refractivity contribution in [2.45, 2.75) is 36.1 Å². The van der Waals surface area contributed by atoms with Gasteiger partial charge in [0.05, 0.1) is 11.4 Å². The van der Waals surface area contributed by atoms with Gasteiger partial charge in [0, 0.05) is 5.02 Å². The molecule has 29 heavy (non-hydrogen) atoms. The van der Waals surface area contributed by atoms with Crippen LogP contribution in [0.25, 0.3) is 0 Å². The monoisotopic (exact) mass is 442 g/mol. The van der Waals surface area contributed by atoms with Crippen molar-refractivity contribution in [1.29, 1.82) is 0 Å². The average molecular weight is 443 g/mol. The number of benzene rings is 2. The van der Waals surface area contributed by atoms with E-state index in [1.165, 1.54) is 12.1 Å². The summed E-state index contributed by atoms with van der Waals surface area (Å²) < 4.78 is 48.3. The zero-order valence-corrected chi connectivity index (χ0v) is 16.8. The van der Waals surface area contributed by atoms with Gasteiger partial charge in [-0.3, -0.25) is 9.69 Å². The molecule has 2 aromatic carbocycles. The summed E-state index contributed by atoms with van der Waals surface area (Å²) in [5.41, 5.74) is -0.228. The Labute approximate surface area is 171 Å². The van der Waals surface area contributed by atoms with Crippen LogP contribution in [0.15, 0.2) is 53.4 Å². The largest absolute Gasteiger partial charge is 0.341 e. The number of halogens is 3. The van der Waals surface area contributed by atoms with E-state index in [4.69, 9.17) is 11.6 Å². The van der Waals surface area contributed by atoms with Crippen LogP contribution in [0.4, 0.5) is 13.6 Å². The summed E-state index contributed by atoms with van der Waals surface area (Å²) in [7, 11) is -4.71. The van der Waals surface area contributed by atoms with Gasteiger partial charge in [-0.2, -0.15) is 8.78 Å². The molecule has 1 fully saturated rings. The Morgan fingerprint density at radius 1 is 1.07 bits per heavy atom. The van der Waals surface area contributed by atoms with Gasteiger partial charge in [0.1, 0.15) is 5.54 Å². The third kappa shape index (κ3) is 3.72. The molecule has 1 atom stereocenters. The molecule has 1 heterocycles. The number of carbonyl (C=O) groups is 2. The lowest BCUT2D eigenvalue weighted by molar-refractivity contribution is -0.132. The molecular formula is C19H17ClF2N2O4S. The van der Waals surface area contributed by atoms with E-state index in [0.29, 0.717) is 22.6 Å². The first kappa shape index (κ1) is 21.2. The number of hydrogen-bond donors (Lipinski definition) is 1. The van der Waals surface area contributed by atoms with E-state index in [0.717, 1.165) is 17.0 Å². The Hall–Kier alpha value is -2.52. The molecule has 0 bridgehead atoms. The van der Waals surface area contributed by atoms with Crippen molar-refractivity contribution >= 4 is 33.4 Å². The molecule has 1 aliphatic rings. The molecule has 154 valence electrons. The first-order valence-electron chi connectivity index (χ1n) is 8.63.